The molecule has 2 aromatic heterocycles. The van der Waals surface area contributed by atoms with Gasteiger partial charge in [-0.2, -0.15) is 0 Å². The number of likely N-dealkylation sites (tertiary alicyclic amines) is 1. The van der Waals surface area contributed by atoms with Crippen molar-refractivity contribution < 1.29 is 4.79 Å². The van der Waals surface area contributed by atoms with E-state index in [1.54, 1.807) is 18.6 Å². The number of hydrogen-bond donors (Lipinski definition) is 1. The molecule has 114 valence electrons. The molecule has 1 aliphatic heterocycles. The number of piperidine rings is 1. The van der Waals surface area contributed by atoms with Gasteiger partial charge in [0, 0.05) is 31.5 Å². The van der Waals surface area contributed by atoms with E-state index in [4.69, 9.17) is 0 Å². The van der Waals surface area contributed by atoms with E-state index in [1.165, 1.54) is 6.33 Å². The standard InChI is InChI=1S/C15H18N6O/c1-11-8-18-13(9-17-11)15(22)21-6-3-12(4-7-21)20-14-2-5-16-10-19-14/h2,5,8-10,12H,3-4,6-7H2,1H3,(H,16,19,20). The predicted molar refractivity (Wildman–Crippen MR) is 81.3 cm³/mol. The van der Waals surface area contributed by atoms with Crippen LogP contribution in [0.5, 0.6) is 0 Å². The molecular formula is C15H18N6O. The number of carbonyl (C=O) groups is 1. The number of amides is 1. The molecule has 1 aliphatic rings. The van der Waals surface area contributed by atoms with Gasteiger partial charge < -0.3 is 10.2 Å². The molecule has 7 heteroatoms. The molecule has 0 saturated carbocycles. The fraction of sp³-hybridized carbons (Fsp3) is 0.400. The van der Waals surface area contributed by atoms with Gasteiger partial charge in [0.05, 0.1) is 11.9 Å². The maximum Gasteiger partial charge on any atom is 0.274 e. The predicted octanol–water partition coefficient (Wildman–Crippen LogP) is 1.29. The van der Waals surface area contributed by atoms with Crippen LogP contribution in [0.15, 0.2) is 31.0 Å². The van der Waals surface area contributed by atoms with Crippen LogP contribution in [0.2, 0.25) is 0 Å². The molecule has 7 nitrogen and oxygen atoms in total. The van der Waals surface area contributed by atoms with E-state index in [9.17, 15) is 4.79 Å². The second kappa shape index (κ2) is 6.46. The normalized spacial score (nSPS) is 15.6. The molecule has 1 fully saturated rings. The zero-order valence-corrected chi connectivity index (χ0v) is 12.4. The average molecular weight is 298 g/mol. The summed E-state index contributed by atoms with van der Waals surface area (Å²) in [5.41, 5.74) is 1.22. The summed E-state index contributed by atoms with van der Waals surface area (Å²) in [7, 11) is 0. The highest BCUT2D eigenvalue weighted by molar-refractivity contribution is 5.92. The first-order valence-electron chi connectivity index (χ1n) is 7.33. The highest BCUT2D eigenvalue weighted by Gasteiger charge is 2.24. The van der Waals surface area contributed by atoms with Crippen molar-refractivity contribution in [2.24, 2.45) is 0 Å². The molecule has 3 heterocycles. The van der Waals surface area contributed by atoms with Crippen LogP contribution in [0.4, 0.5) is 5.82 Å². The molecule has 1 amide bonds. The smallest absolute Gasteiger partial charge is 0.274 e. The van der Waals surface area contributed by atoms with Crippen LogP contribution in [-0.4, -0.2) is 49.9 Å². The molecule has 0 bridgehead atoms. The highest BCUT2D eigenvalue weighted by atomic mass is 16.2. The minimum absolute atomic E-state index is 0.0482. The Bertz CT molecular complexity index is 622. The van der Waals surface area contributed by atoms with Crippen LogP contribution in [0.1, 0.15) is 29.0 Å². The van der Waals surface area contributed by atoms with E-state index >= 15 is 0 Å². The Morgan fingerprint density at radius 2 is 2.05 bits per heavy atom. The molecule has 0 atom stereocenters. The van der Waals surface area contributed by atoms with Gasteiger partial charge in [0.25, 0.3) is 5.91 Å². The quantitative estimate of drug-likeness (QED) is 0.919. The molecule has 0 radical (unpaired) electrons. The Kier molecular flexibility index (Phi) is 4.22. The summed E-state index contributed by atoms with van der Waals surface area (Å²) in [4.78, 5) is 30.5. The Hall–Kier alpha value is -2.57. The molecule has 0 aromatic carbocycles. The van der Waals surface area contributed by atoms with Gasteiger partial charge in [-0.25, -0.2) is 15.0 Å². The number of aromatic nitrogens is 4. The van der Waals surface area contributed by atoms with Gasteiger partial charge >= 0.3 is 0 Å². The monoisotopic (exact) mass is 298 g/mol. The number of hydrogen-bond acceptors (Lipinski definition) is 6. The lowest BCUT2D eigenvalue weighted by Crippen LogP contribution is -2.42. The van der Waals surface area contributed by atoms with Gasteiger partial charge in [0.1, 0.15) is 17.8 Å². The second-order valence-electron chi connectivity index (χ2n) is 5.35. The maximum absolute atomic E-state index is 12.4. The molecule has 0 aliphatic carbocycles. The Balaban J connectivity index is 1.55. The van der Waals surface area contributed by atoms with E-state index in [1.807, 2.05) is 17.9 Å². The number of nitrogens with one attached hydrogen (secondary N) is 1. The first-order valence-corrected chi connectivity index (χ1v) is 7.33. The molecule has 0 unspecified atom stereocenters. The van der Waals surface area contributed by atoms with Crippen LogP contribution in [0.3, 0.4) is 0 Å². The van der Waals surface area contributed by atoms with E-state index < -0.39 is 0 Å². The zero-order chi connectivity index (χ0) is 15.4. The summed E-state index contributed by atoms with van der Waals surface area (Å²) in [6, 6.07) is 2.17. The average Bonchev–Trinajstić information content (AvgIpc) is 2.57. The number of aryl methyl sites for hydroxylation is 1. The van der Waals surface area contributed by atoms with E-state index in [-0.39, 0.29) is 5.91 Å². The molecule has 0 spiro atoms. The fourth-order valence-electron chi connectivity index (χ4n) is 2.48. The van der Waals surface area contributed by atoms with Crippen molar-refractivity contribution >= 4 is 11.7 Å². The number of anilines is 1. The molecule has 2 aromatic rings. The highest BCUT2D eigenvalue weighted by Crippen LogP contribution is 2.16. The minimum Gasteiger partial charge on any atom is -0.367 e. The summed E-state index contributed by atoms with van der Waals surface area (Å²) >= 11 is 0. The molecule has 1 saturated heterocycles. The first kappa shape index (κ1) is 14.4. The number of nitrogens with zero attached hydrogens (tertiary/aromatic N) is 5. The molecule has 1 N–H and O–H groups in total. The topological polar surface area (TPSA) is 83.9 Å². The second-order valence-corrected chi connectivity index (χ2v) is 5.35. The van der Waals surface area contributed by atoms with Crippen molar-refractivity contribution in [2.45, 2.75) is 25.8 Å². The third-order valence-corrected chi connectivity index (χ3v) is 3.72. The van der Waals surface area contributed by atoms with Crippen molar-refractivity contribution in [1.29, 1.82) is 0 Å². The molecular weight excluding hydrogens is 280 g/mol. The third-order valence-electron chi connectivity index (χ3n) is 3.72. The third kappa shape index (κ3) is 3.36. The van der Waals surface area contributed by atoms with Crippen LogP contribution < -0.4 is 5.32 Å². The fourth-order valence-corrected chi connectivity index (χ4v) is 2.48. The summed E-state index contributed by atoms with van der Waals surface area (Å²) < 4.78 is 0. The van der Waals surface area contributed by atoms with Crippen molar-refractivity contribution in [3.63, 3.8) is 0 Å². The van der Waals surface area contributed by atoms with E-state index in [2.05, 4.69) is 25.3 Å². The van der Waals surface area contributed by atoms with E-state index in [0.717, 1.165) is 24.4 Å². The lowest BCUT2D eigenvalue weighted by atomic mass is 10.0. The maximum atomic E-state index is 12.4. The van der Waals surface area contributed by atoms with Gasteiger partial charge in [-0.05, 0) is 25.8 Å². The van der Waals surface area contributed by atoms with Crippen LogP contribution in [0.25, 0.3) is 0 Å². The number of carbonyl (C=O) groups excluding carboxylic acids is 1. The van der Waals surface area contributed by atoms with Gasteiger partial charge in [-0.1, -0.05) is 0 Å². The zero-order valence-electron chi connectivity index (χ0n) is 12.4. The Labute approximate surface area is 128 Å². The molecule has 3 rings (SSSR count). The van der Waals surface area contributed by atoms with Crippen molar-refractivity contribution in [3.8, 4) is 0 Å². The summed E-state index contributed by atoms with van der Waals surface area (Å²) in [5.74, 6) is 0.775. The molecule has 22 heavy (non-hydrogen) atoms. The van der Waals surface area contributed by atoms with Gasteiger partial charge in [-0.15, -0.1) is 0 Å². The first-order chi connectivity index (χ1) is 10.7. The van der Waals surface area contributed by atoms with E-state index in [0.29, 0.717) is 24.8 Å². The lowest BCUT2D eigenvalue weighted by molar-refractivity contribution is 0.0712. The van der Waals surface area contributed by atoms with Gasteiger partial charge in [0.15, 0.2) is 0 Å². The van der Waals surface area contributed by atoms with Crippen LogP contribution in [0, 0.1) is 6.92 Å². The van der Waals surface area contributed by atoms with Gasteiger partial charge in [-0.3, -0.25) is 9.78 Å². The van der Waals surface area contributed by atoms with Crippen molar-refractivity contribution in [1.82, 2.24) is 24.8 Å². The largest absolute Gasteiger partial charge is 0.367 e. The van der Waals surface area contributed by atoms with Crippen molar-refractivity contribution in [3.05, 3.63) is 42.4 Å². The van der Waals surface area contributed by atoms with Crippen molar-refractivity contribution in [2.75, 3.05) is 18.4 Å². The Morgan fingerprint density at radius 1 is 1.23 bits per heavy atom. The van der Waals surface area contributed by atoms with Gasteiger partial charge in [0.2, 0.25) is 0 Å². The summed E-state index contributed by atoms with van der Waals surface area (Å²) in [6.45, 7) is 3.26. The Morgan fingerprint density at radius 3 is 2.68 bits per heavy atom. The SMILES string of the molecule is Cc1cnc(C(=O)N2CCC(Nc3ccncn3)CC2)cn1. The summed E-state index contributed by atoms with van der Waals surface area (Å²) in [6.07, 6.45) is 8.17. The summed E-state index contributed by atoms with van der Waals surface area (Å²) in [5, 5.41) is 3.37. The van der Waals surface area contributed by atoms with Crippen LogP contribution >= 0.6 is 0 Å². The number of rotatable bonds is 3. The lowest BCUT2D eigenvalue weighted by Gasteiger charge is -2.32. The van der Waals surface area contributed by atoms with Crippen LogP contribution in [-0.2, 0) is 0 Å². The minimum atomic E-state index is -0.0482.